The van der Waals surface area contributed by atoms with E-state index in [0.717, 1.165) is 11.8 Å². The van der Waals surface area contributed by atoms with Crippen LogP contribution in [0.2, 0.25) is 0 Å². The maximum absolute atomic E-state index is 11.7. The lowest BCUT2D eigenvalue weighted by Crippen LogP contribution is -2.22. The van der Waals surface area contributed by atoms with Crippen molar-refractivity contribution in [1.82, 2.24) is 0 Å². The molecule has 0 spiro atoms. The predicted octanol–water partition coefficient (Wildman–Crippen LogP) is 0.473. The third-order valence-electron chi connectivity index (χ3n) is 2.34. The summed E-state index contributed by atoms with van der Waals surface area (Å²) in [5.41, 5.74) is 1.71. The predicted molar refractivity (Wildman–Crippen MR) is 82.0 cm³/mol. The van der Waals surface area contributed by atoms with Crippen LogP contribution in [-0.4, -0.2) is 39.9 Å². The van der Waals surface area contributed by atoms with Gasteiger partial charge in [0.15, 0.2) is 14.9 Å². The monoisotopic (exact) mass is 331 g/mol. The van der Waals surface area contributed by atoms with Gasteiger partial charge in [-0.1, -0.05) is 17.9 Å². The van der Waals surface area contributed by atoms with Crippen LogP contribution in [0.25, 0.3) is 0 Å². The fraction of sp³-hybridized carbons (Fsp3) is 0.385. The molecular formula is C13H17NO5S2. The molecule has 21 heavy (non-hydrogen) atoms. The van der Waals surface area contributed by atoms with E-state index in [1.54, 1.807) is 6.07 Å². The average Bonchev–Trinajstić information content (AvgIpc) is 2.30. The van der Waals surface area contributed by atoms with Crippen molar-refractivity contribution in [2.24, 2.45) is 0 Å². The van der Waals surface area contributed by atoms with Crippen LogP contribution in [0.4, 0.5) is 5.69 Å². The van der Waals surface area contributed by atoms with Crippen LogP contribution in [0.1, 0.15) is 17.5 Å². The van der Waals surface area contributed by atoms with Gasteiger partial charge in [0.25, 0.3) is 0 Å². The standard InChI is InChI=1S/C13H17NO5S2/c1-11-6-7-13(9-12(11)5-3-4-8-15)14-21(18,19)10-20(2,16)17/h6-7,9,14-15H,4,8,10H2,1-2H3. The molecule has 0 atom stereocenters. The van der Waals surface area contributed by atoms with Gasteiger partial charge >= 0.3 is 0 Å². The van der Waals surface area contributed by atoms with Crippen molar-refractivity contribution in [1.29, 1.82) is 0 Å². The number of sulfonamides is 1. The Labute approximate surface area is 125 Å². The summed E-state index contributed by atoms with van der Waals surface area (Å²) in [5.74, 6) is 5.57. The number of aliphatic hydroxyl groups is 1. The molecule has 1 aromatic carbocycles. The Bertz CT molecular complexity index is 771. The van der Waals surface area contributed by atoms with Gasteiger partial charge in [0.1, 0.15) is 0 Å². The van der Waals surface area contributed by atoms with Gasteiger partial charge in [-0.3, -0.25) is 4.72 Å². The van der Waals surface area contributed by atoms with Crippen LogP contribution >= 0.6 is 0 Å². The Morgan fingerprint density at radius 2 is 1.90 bits per heavy atom. The van der Waals surface area contributed by atoms with E-state index in [1.807, 2.05) is 6.92 Å². The number of benzene rings is 1. The van der Waals surface area contributed by atoms with E-state index in [0.29, 0.717) is 12.0 Å². The van der Waals surface area contributed by atoms with E-state index >= 15 is 0 Å². The minimum Gasteiger partial charge on any atom is -0.395 e. The maximum atomic E-state index is 11.7. The molecule has 2 N–H and O–H groups in total. The van der Waals surface area contributed by atoms with Gasteiger partial charge in [-0.15, -0.1) is 0 Å². The number of aryl methyl sites for hydroxylation is 1. The molecule has 8 heteroatoms. The van der Waals surface area contributed by atoms with Gasteiger partial charge in [0.05, 0.1) is 6.61 Å². The largest absolute Gasteiger partial charge is 0.395 e. The van der Waals surface area contributed by atoms with Gasteiger partial charge in [-0.25, -0.2) is 16.8 Å². The molecule has 0 aliphatic heterocycles. The van der Waals surface area contributed by atoms with Crippen molar-refractivity contribution < 1.29 is 21.9 Å². The molecule has 0 radical (unpaired) electrons. The summed E-state index contributed by atoms with van der Waals surface area (Å²) in [6, 6.07) is 4.74. The highest BCUT2D eigenvalue weighted by Crippen LogP contribution is 2.16. The zero-order valence-corrected chi connectivity index (χ0v) is 13.4. The van der Waals surface area contributed by atoms with Gasteiger partial charge in [-0.05, 0) is 24.6 Å². The number of hydrogen-bond donors (Lipinski definition) is 2. The third kappa shape index (κ3) is 6.62. The molecule has 1 rings (SSSR count). The first-order valence-corrected chi connectivity index (χ1v) is 9.73. The fourth-order valence-corrected chi connectivity index (χ4v) is 4.50. The second-order valence-electron chi connectivity index (χ2n) is 4.57. The second kappa shape index (κ2) is 6.93. The van der Waals surface area contributed by atoms with Crippen LogP contribution < -0.4 is 4.72 Å². The zero-order chi connectivity index (χ0) is 16.1. The van der Waals surface area contributed by atoms with Crippen molar-refractivity contribution in [2.75, 3.05) is 22.7 Å². The van der Waals surface area contributed by atoms with Crippen molar-refractivity contribution in [3.63, 3.8) is 0 Å². The summed E-state index contributed by atoms with van der Waals surface area (Å²) in [6.07, 6.45) is 1.18. The summed E-state index contributed by atoms with van der Waals surface area (Å²) in [4.78, 5) is 0. The van der Waals surface area contributed by atoms with Gasteiger partial charge in [0, 0.05) is 23.9 Å². The Kier molecular flexibility index (Phi) is 5.78. The second-order valence-corrected chi connectivity index (χ2v) is 8.79. The fourth-order valence-electron chi connectivity index (χ4n) is 1.52. The Morgan fingerprint density at radius 3 is 2.48 bits per heavy atom. The number of sulfone groups is 1. The van der Waals surface area contributed by atoms with E-state index in [-0.39, 0.29) is 12.3 Å². The average molecular weight is 331 g/mol. The van der Waals surface area contributed by atoms with Crippen molar-refractivity contribution in [3.8, 4) is 11.8 Å². The van der Waals surface area contributed by atoms with E-state index in [4.69, 9.17) is 5.11 Å². The normalized spacial score (nSPS) is 11.6. The first-order valence-electron chi connectivity index (χ1n) is 6.01. The van der Waals surface area contributed by atoms with E-state index in [1.165, 1.54) is 12.1 Å². The van der Waals surface area contributed by atoms with Crippen LogP contribution in [0, 0.1) is 18.8 Å². The molecule has 1 aromatic rings. The lowest BCUT2D eigenvalue weighted by molar-refractivity contribution is 0.305. The van der Waals surface area contributed by atoms with Crippen LogP contribution in [0.3, 0.4) is 0 Å². The molecule has 0 saturated carbocycles. The topological polar surface area (TPSA) is 101 Å². The van der Waals surface area contributed by atoms with Crippen LogP contribution in [-0.2, 0) is 19.9 Å². The van der Waals surface area contributed by atoms with Crippen LogP contribution in [0.15, 0.2) is 18.2 Å². The summed E-state index contributed by atoms with van der Waals surface area (Å²) in [7, 11) is -7.62. The zero-order valence-electron chi connectivity index (χ0n) is 11.8. The lowest BCUT2D eigenvalue weighted by Gasteiger charge is -2.08. The Balaban J connectivity index is 3.01. The highest BCUT2D eigenvalue weighted by Gasteiger charge is 2.18. The molecule has 0 heterocycles. The highest BCUT2D eigenvalue weighted by molar-refractivity contribution is 8.08. The summed E-state index contributed by atoms with van der Waals surface area (Å²) < 4.78 is 47.8. The van der Waals surface area contributed by atoms with Gasteiger partial charge in [0.2, 0.25) is 10.0 Å². The third-order valence-corrected chi connectivity index (χ3v) is 5.84. The molecule has 0 bridgehead atoms. The van der Waals surface area contributed by atoms with Crippen molar-refractivity contribution in [3.05, 3.63) is 29.3 Å². The van der Waals surface area contributed by atoms with Crippen molar-refractivity contribution >= 4 is 25.5 Å². The van der Waals surface area contributed by atoms with Gasteiger partial charge < -0.3 is 5.11 Å². The minimum absolute atomic E-state index is 0.0489. The number of aliphatic hydroxyl groups excluding tert-OH is 1. The molecule has 0 saturated heterocycles. The SMILES string of the molecule is Cc1ccc(NS(=O)(=O)CS(C)(=O)=O)cc1C#CCCO. The van der Waals surface area contributed by atoms with E-state index in [2.05, 4.69) is 16.6 Å². The Morgan fingerprint density at radius 1 is 1.24 bits per heavy atom. The quantitative estimate of drug-likeness (QED) is 0.764. The van der Waals surface area contributed by atoms with Gasteiger partial charge in [-0.2, -0.15) is 0 Å². The minimum atomic E-state index is -3.97. The molecule has 0 fully saturated rings. The van der Waals surface area contributed by atoms with Crippen molar-refractivity contribution in [2.45, 2.75) is 13.3 Å². The first kappa shape index (κ1) is 17.5. The summed E-state index contributed by atoms with van der Waals surface area (Å²) in [5, 5.41) is 7.71. The number of anilines is 1. The van der Waals surface area contributed by atoms with Crippen LogP contribution in [0.5, 0.6) is 0 Å². The molecular weight excluding hydrogens is 314 g/mol. The molecule has 0 unspecified atom stereocenters. The molecule has 0 aromatic heterocycles. The summed E-state index contributed by atoms with van der Waals surface area (Å²) in [6.45, 7) is 1.77. The Hall–Kier alpha value is -1.56. The molecule has 116 valence electrons. The first-order chi connectivity index (χ1) is 9.63. The molecule has 0 aliphatic carbocycles. The number of nitrogens with one attached hydrogen (secondary N) is 1. The molecule has 0 aliphatic rings. The summed E-state index contributed by atoms with van der Waals surface area (Å²) >= 11 is 0. The number of rotatable bonds is 5. The smallest absolute Gasteiger partial charge is 0.247 e. The van der Waals surface area contributed by atoms with E-state index < -0.39 is 24.9 Å². The molecule has 0 amide bonds. The lowest BCUT2D eigenvalue weighted by atomic mass is 10.1. The highest BCUT2D eigenvalue weighted by atomic mass is 32.3. The number of hydrogen-bond acceptors (Lipinski definition) is 5. The molecule has 6 nitrogen and oxygen atoms in total. The van der Waals surface area contributed by atoms with E-state index in [9.17, 15) is 16.8 Å². The maximum Gasteiger partial charge on any atom is 0.247 e.